The van der Waals surface area contributed by atoms with Crippen LogP contribution in [0.5, 0.6) is 5.75 Å². The van der Waals surface area contributed by atoms with Gasteiger partial charge in [0.2, 0.25) is 11.4 Å². The molecule has 12 heteroatoms. The summed E-state index contributed by atoms with van der Waals surface area (Å²) in [6, 6.07) is 21.8. The van der Waals surface area contributed by atoms with Gasteiger partial charge in [0.15, 0.2) is 12.3 Å². The summed E-state index contributed by atoms with van der Waals surface area (Å²) in [6.07, 6.45) is 4.15. The minimum absolute atomic E-state index is 0.128. The maximum absolute atomic E-state index is 11.3. The van der Waals surface area contributed by atoms with Crippen LogP contribution in [0.15, 0.2) is 84.3 Å². The SMILES string of the molecule is CC(=Cc1sc2ccc(C)cc2[n+]1CCCS(=O)(=O)[O-])C=C1Oc2ccc(-c3ccccc3)cc2N1CCCS(=O)(=O)[O-]. The Hall–Kier alpha value is -3.55. The van der Waals surface area contributed by atoms with Crippen LogP contribution < -0.4 is 14.2 Å². The number of anilines is 1. The summed E-state index contributed by atoms with van der Waals surface area (Å²) in [4.78, 5) is 1.88. The van der Waals surface area contributed by atoms with E-state index in [0.717, 1.165) is 43.2 Å². The largest absolute Gasteiger partial charge is 0.748 e. The number of nitrogens with zero attached hydrogens (tertiary/aromatic N) is 2. The van der Waals surface area contributed by atoms with Crippen LogP contribution in [0.2, 0.25) is 0 Å². The summed E-state index contributed by atoms with van der Waals surface area (Å²) in [7, 11) is -8.70. The van der Waals surface area contributed by atoms with Gasteiger partial charge in [-0.3, -0.25) is 0 Å². The third kappa shape index (κ3) is 7.89. The molecule has 0 unspecified atom stereocenters. The highest BCUT2D eigenvalue weighted by Crippen LogP contribution is 2.42. The molecule has 0 bridgehead atoms. The van der Waals surface area contributed by atoms with E-state index < -0.39 is 31.7 Å². The molecule has 0 saturated heterocycles. The van der Waals surface area contributed by atoms with Gasteiger partial charge >= 0.3 is 0 Å². The second-order valence-corrected chi connectivity index (χ2v) is 14.6. The fourth-order valence-corrected chi connectivity index (χ4v) is 7.17. The first-order chi connectivity index (χ1) is 20.4. The van der Waals surface area contributed by atoms with Crippen LogP contribution in [0.1, 0.15) is 30.3 Å². The van der Waals surface area contributed by atoms with Crippen LogP contribution in [0.25, 0.3) is 27.4 Å². The minimum Gasteiger partial charge on any atom is -0.748 e. The zero-order valence-electron chi connectivity index (χ0n) is 23.7. The number of aryl methyl sites for hydroxylation is 2. The molecule has 2 heterocycles. The van der Waals surface area contributed by atoms with Crippen molar-refractivity contribution in [2.75, 3.05) is 23.0 Å². The molecule has 9 nitrogen and oxygen atoms in total. The molecule has 1 aromatic heterocycles. The number of allylic oxidation sites excluding steroid dienone is 2. The molecule has 0 radical (unpaired) electrons. The molecule has 1 aliphatic rings. The molecule has 3 aromatic carbocycles. The highest BCUT2D eigenvalue weighted by Gasteiger charge is 2.27. The summed E-state index contributed by atoms with van der Waals surface area (Å²) < 4.78 is 77.0. The highest BCUT2D eigenvalue weighted by atomic mass is 32.2. The van der Waals surface area contributed by atoms with E-state index in [1.54, 1.807) is 11.3 Å². The molecular formula is C31H31N2O7S3-. The van der Waals surface area contributed by atoms with Gasteiger partial charge in [0.1, 0.15) is 4.70 Å². The third-order valence-corrected chi connectivity index (χ3v) is 9.67. The average Bonchev–Trinajstić information content (AvgIpc) is 3.44. The lowest BCUT2D eigenvalue weighted by molar-refractivity contribution is -0.668. The molecular weight excluding hydrogens is 609 g/mol. The number of fused-ring (bicyclic) bond motifs is 2. The number of rotatable bonds is 11. The van der Waals surface area contributed by atoms with Gasteiger partial charge < -0.3 is 18.7 Å². The van der Waals surface area contributed by atoms with Crippen molar-refractivity contribution >= 4 is 53.6 Å². The van der Waals surface area contributed by atoms with Gasteiger partial charge in [-0.1, -0.05) is 53.8 Å². The average molecular weight is 640 g/mol. The molecule has 5 rings (SSSR count). The van der Waals surface area contributed by atoms with Crippen molar-refractivity contribution in [3.63, 3.8) is 0 Å². The van der Waals surface area contributed by atoms with E-state index in [1.807, 2.05) is 102 Å². The molecule has 0 atom stereocenters. The summed E-state index contributed by atoms with van der Waals surface area (Å²) in [5, 5.41) is 0.879. The van der Waals surface area contributed by atoms with E-state index >= 15 is 0 Å². The van der Waals surface area contributed by atoms with Crippen LogP contribution in [0.4, 0.5) is 5.69 Å². The predicted octanol–water partition coefficient (Wildman–Crippen LogP) is 5.18. The van der Waals surface area contributed by atoms with Gasteiger partial charge in [0.25, 0.3) is 5.01 Å². The van der Waals surface area contributed by atoms with E-state index in [4.69, 9.17) is 4.74 Å². The highest BCUT2D eigenvalue weighted by molar-refractivity contribution is 7.85. The summed E-state index contributed by atoms with van der Waals surface area (Å²) in [5.41, 5.74) is 5.62. The first-order valence-electron chi connectivity index (χ1n) is 13.7. The van der Waals surface area contributed by atoms with Gasteiger partial charge in [-0.05, 0) is 60.7 Å². The molecule has 0 fully saturated rings. The second kappa shape index (κ2) is 12.6. The lowest BCUT2D eigenvalue weighted by Gasteiger charge is -2.19. The van der Waals surface area contributed by atoms with Crippen LogP contribution in [0, 0.1) is 6.92 Å². The van der Waals surface area contributed by atoms with E-state index in [2.05, 4.69) is 0 Å². The Morgan fingerprint density at radius 1 is 0.930 bits per heavy atom. The zero-order chi connectivity index (χ0) is 30.8. The number of ether oxygens (including phenoxy) is 1. The molecule has 1 aliphatic heterocycles. The monoisotopic (exact) mass is 639 g/mol. The minimum atomic E-state index is -4.37. The molecule has 0 aliphatic carbocycles. The van der Waals surface area contributed by atoms with Gasteiger partial charge in [0.05, 0.1) is 25.9 Å². The first-order valence-corrected chi connectivity index (χ1v) is 17.7. The van der Waals surface area contributed by atoms with Crippen molar-refractivity contribution in [3.8, 4) is 16.9 Å². The van der Waals surface area contributed by atoms with E-state index in [9.17, 15) is 25.9 Å². The molecule has 43 heavy (non-hydrogen) atoms. The quantitative estimate of drug-likeness (QED) is 0.162. The Morgan fingerprint density at radius 3 is 2.37 bits per heavy atom. The first kappa shape index (κ1) is 30.9. The fraction of sp³-hybridized carbons (Fsp3) is 0.258. The summed E-state index contributed by atoms with van der Waals surface area (Å²) in [5.74, 6) is 0.188. The fourth-order valence-electron chi connectivity index (χ4n) is 5.03. The Balaban J connectivity index is 1.49. The van der Waals surface area contributed by atoms with Crippen LogP contribution in [-0.2, 0) is 26.8 Å². The van der Waals surface area contributed by atoms with Crippen molar-refractivity contribution in [1.82, 2.24) is 0 Å². The van der Waals surface area contributed by atoms with Crippen LogP contribution in [-0.4, -0.2) is 44.0 Å². The van der Waals surface area contributed by atoms with Crippen LogP contribution in [0.3, 0.4) is 0 Å². The maximum Gasteiger partial charge on any atom is 0.263 e. The molecule has 226 valence electrons. The van der Waals surface area contributed by atoms with Crippen LogP contribution >= 0.6 is 11.3 Å². The molecule has 0 N–H and O–H groups in total. The van der Waals surface area contributed by atoms with Gasteiger partial charge in [-0.2, -0.15) is 4.57 Å². The number of benzene rings is 3. The van der Waals surface area contributed by atoms with Gasteiger partial charge in [-0.25, -0.2) is 16.8 Å². The van der Waals surface area contributed by atoms with Gasteiger partial charge in [0, 0.05) is 42.7 Å². The number of aromatic nitrogens is 1. The predicted molar refractivity (Wildman–Crippen MR) is 167 cm³/mol. The summed E-state index contributed by atoms with van der Waals surface area (Å²) in [6.45, 7) is 4.52. The third-order valence-electron chi connectivity index (χ3n) is 6.98. The lowest BCUT2D eigenvalue weighted by Crippen LogP contribution is -2.36. The van der Waals surface area contributed by atoms with Crippen molar-refractivity contribution < 1.29 is 35.2 Å². The van der Waals surface area contributed by atoms with Crippen molar-refractivity contribution in [2.24, 2.45) is 0 Å². The lowest BCUT2D eigenvalue weighted by atomic mass is 10.0. The van der Waals surface area contributed by atoms with Crippen molar-refractivity contribution in [3.05, 3.63) is 94.8 Å². The molecule has 0 saturated carbocycles. The van der Waals surface area contributed by atoms with Crippen molar-refractivity contribution in [2.45, 2.75) is 33.2 Å². The second-order valence-electron chi connectivity index (χ2n) is 10.5. The molecule has 0 spiro atoms. The van der Waals surface area contributed by atoms with Gasteiger partial charge in [-0.15, -0.1) is 0 Å². The standard InChI is InChI=1S/C31H32N2O7S3/c1-22-10-13-29-27(18-22)33(15-7-17-43(37,38)39)31(41-29)20-23(2)19-30-32(14-6-16-42(34,35)36)26-21-25(11-12-28(26)40-30)24-8-4-3-5-9-24/h3-5,8-13,18-21H,6-7,14-17H2,1-2H3,(H-,34,35,36,37,38,39)/p-1. The number of hydrogen-bond acceptors (Lipinski definition) is 9. The number of thiazole rings is 1. The maximum atomic E-state index is 11.3. The Labute approximate surface area is 255 Å². The zero-order valence-corrected chi connectivity index (χ0v) is 26.2. The Morgan fingerprint density at radius 2 is 1.65 bits per heavy atom. The molecule has 4 aromatic rings. The topological polar surface area (TPSA) is 131 Å². The van der Waals surface area contributed by atoms with E-state index in [0.29, 0.717) is 18.2 Å². The van der Waals surface area contributed by atoms with Crippen molar-refractivity contribution in [1.29, 1.82) is 0 Å². The summed E-state index contributed by atoms with van der Waals surface area (Å²) >= 11 is 1.56. The van der Waals surface area contributed by atoms with E-state index in [1.165, 1.54) is 0 Å². The Bertz CT molecular complexity index is 1930. The molecule has 0 amide bonds. The smallest absolute Gasteiger partial charge is 0.263 e. The Kier molecular flexibility index (Phi) is 9.04. The van der Waals surface area contributed by atoms with E-state index in [-0.39, 0.29) is 19.4 Å². The normalized spacial score (nSPS) is 14.8. The number of hydrogen-bond donors (Lipinski definition) is 0.